The minimum absolute atomic E-state index is 0.0379. The van der Waals surface area contributed by atoms with E-state index in [0.717, 1.165) is 16.6 Å². The first-order chi connectivity index (χ1) is 11.6. The zero-order valence-electron chi connectivity index (χ0n) is 13.8. The Balaban J connectivity index is 1.73. The first-order valence-electron chi connectivity index (χ1n) is 7.96. The molecule has 0 radical (unpaired) electrons. The van der Waals surface area contributed by atoms with Crippen molar-refractivity contribution in [1.29, 1.82) is 0 Å². The third-order valence-electron chi connectivity index (χ3n) is 4.04. The molecule has 2 aromatic carbocycles. The molecule has 1 N–H and O–H groups in total. The van der Waals surface area contributed by atoms with Crippen molar-refractivity contribution in [3.05, 3.63) is 65.4 Å². The van der Waals surface area contributed by atoms with E-state index >= 15 is 0 Å². The Morgan fingerprint density at radius 1 is 1.00 bits per heavy atom. The molecular formula is C20H19NO3. The topological polar surface area (TPSA) is 59.2 Å². The zero-order valence-corrected chi connectivity index (χ0v) is 13.8. The number of benzene rings is 2. The number of aromatic amines is 1. The molecule has 0 spiro atoms. The molecule has 3 rings (SSSR count). The molecule has 122 valence electrons. The second-order valence-electron chi connectivity index (χ2n) is 5.68. The fraction of sp³-hybridized carbons (Fsp3) is 0.200. The van der Waals surface area contributed by atoms with Crippen molar-refractivity contribution in [2.24, 2.45) is 0 Å². The lowest BCUT2D eigenvalue weighted by atomic mass is 10.1. The number of ether oxygens (including phenoxy) is 1. The van der Waals surface area contributed by atoms with Gasteiger partial charge in [-0.1, -0.05) is 25.1 Å². The molecule has 0 unspecified atom stereocenters. The highest BCUT2D eigenvalue weighted by Crippen LogP contribution is 2.23. The number of aryl methyl sites for hydroxylation is 1. The fourth-order valence-electron chi connectivity index (χ4n) is 2.80. The summed E-state index contributed by atoms with van der Waals surface area (Å²) in [5.41, 5.74) is 3.11. The molecule has 1 heterocycles. The Labute approximate surface area is 140 Å². The standard InChI is InChI=1S/C20H19NO3/c1-3-18(22)14-8-10-15(11-9-14)24-12-19(23)20-13(2)21-17-7-5-4-6-16(17)20/h4-11,21H,3,12H2,1-2H3. The average molecular weight is 321 g/mol. The van der Waals surface area contributed by atoms with Crippen molar-refractivity contribution in [1.82, 2.24) is 4.98 Å². The molecule has 0 saturated carbocycles. The van der Waals surface area contributed by atoms with Crippen LogP contribution < -0.4 is 4.74 Å². The van der Waals surface area contributed by atoms with Crippen molar-refractivity contribution in [2.45, 2.75) is 20.3 Å². The number of carbonyl (C=O) groups excluding carboxylic acids is 2. The molecule has 0 aliphatic carbocycles. The summed E-state index contributed by atoms with van der Waals surface area (Å²) < 4.78 is 5.59. The second kappa shape index (κ2) is 6.71. The Morgan fingerprint density at radius 3 is 2.42 bits per heavy atom. The summed E-state index contributed by atoms with van der Waals surface area (Å²) in [7, 11) is 0. The van der Waals surface area contributed by atoms with E-state index in [0.29, 0.717) is 23.3 Å². The summed E-state index contributed by atoms with van der Waals surface area (Å²) in [6.45, 7) is 3.68. The van der Waals surface area contributed by atoms with Crippen LogP contribution in [-0.2, 0) is 0 Å². The summed E-state index contributed by atoms with van der Waals surface area (Å²) >= 11 is 0. The van der Waals surface area contributed by atoms with Crippen LogP contribution in [0, 0.1) is 6.92 Å². The van der Waals surface area contributed by atoms with Gasteiger partial charge >= 0.3 is 0 Å². The van der Waals surface area contributed by atoms with Gasteiger partial charge in [0.25, 0.3) is 0 Å². The van der Waals surface area contributed by atoms with Gasteiger partial charge < -0.3 is 9.72 Å². The molecule has 3 aromatic rings. The van der Waals surface area contributed by atoms with Crippen molar-refractivity contribution < 1.29 is 14.3 Å². The number of carbonyl (C=O) groups is 2. The minimum atomic E-state index is -0.0707. The summed E-state index contributed by atoms with van der Waals surface area (Å²) in [4.78, 5) is 27.4. The lowest BCUT2D eigenvalue weighted by molar-refractivity contribution is 0.0921. The molecule has 0 aliphatic rings. The Morgan fingerprint density at radius 2 is 1.71 bits per heavy atom. The number of nitrogens with one attached hydrogen (secondary N) is 1. The molecule has 0 amide bonds. The van der Waals surface area contributed by atoms with Gasteiger partial charge in [0, 0.05) is 34.1 Å². The molecule has 0 aliphatic heterocycles. The Kier molecular flexibility index (Phi) is 4.47. The van der Waals surface area contributed by atoms with Gasteiger partial charge in [-0.05, 0) is 37.3 Å². The van der Waals surface area contributed by atoms with Crippen LogP contribution in [0.15, 0.2) is 48.5 Å². The lowest BCUT2D eigenvalue weighted by Crippen LogP contribution is -2.12. The van der Waals surface area contributed by atoms with E-state index in [-0.39, 0.29) is 18.2 Å². The highest BCUT2D eigenvalue weighted by atomic mass is 16.5. The number of Topliss-reactive ketones (excluding diaryl/α,β-unsaturated/α-hetero) is 2. The van der Waals surface area contributed by atoms with Gasteiger partial charge in [-0.15, -0.1) is 0 Å². The van der Waals surface area contributed by atoms with Crippen LogP contribution in [0.2, 0.25) is 0 Å². The van der Waals surface area contributed by atoms with Crippen molar-refractivity contribution >= 4 is 22.5 Å². The van der Waals surface area contributed by atoms with Gasteiger partial charge in [0.1, 0.15) is 5.75 Å². The largest absolute Gasteiger partial charge is 0.485 e. The van der Waals surface area contributed by atoms with Crippen LogP contribution in [0.4, 0.5) is 0 Å². The second-order valence-corrected chi connectivity index (χ2v) is 5.68. The number of hydrogen-bond donors (Lipinski definition) is 1. The third-order valence-corrected chi connectivity index (χ3v) is 4.04. The number of ketones is 2. The number of H-pyrrole nitrogens is 1. The van der Waals surface area contributed by atoms with Crippen LogP contribution in [-0.4, -0.2) is 23.2 Å². The smallest absolute Gasteiger partial charge is 0.202 e. The normalized spacial score (nSPS) is 10.8. The summed E-state index contributed by atoms with van der Waals surface area (Å²) in [6.07, 6.45) is 0.471. The van der Waals surface area contributed by atoms with Crippen LogP contribution in [0.1, 0.15) is 39.8 Å². The fourth-order valence-corrected chi connectivity index (χ4v) is 2.80. The summed E-state index contributed by atoms with van der Waals surface area (Å²) in [5.74, 6) is 0.596. The van der Waals surface area contributed by atoms with Gasteiger partial charge in [-0.3, -0.25) is 9.59 Å². The van der Waals surface area contributed by atoms with E-state index in [1.165, 1.54) is 0 Å². The highest BCUT2D eigenvalue weighted by Gasteiger charge is 2.16. The van der Waals surface area contributed by atoms with E-state index < -0.39 is 0 Å². The highest BCUT2D eigenvalue weighted by molar-refractivity contribution is 6.09. The first-order valence-corrected chi connectivity index (χ1v) is 7.96. The number of aromatic nitrogens is 1. The van der Waals surface area contributed by atoms with E-state index in [1.54, 1.807) is 24.3 Å². The molecule has 4 heteroatoms. The van der Waals surface area contributed by atoms with Gasteiger partial charge in [0.05, 0.1) is 0 Å². The number of fused-ring (bicyclic) bond motifs is 1. The number of rotatable bonds is 6. The van der Waals surface area contributed by atoms with Crippen LogP contribution >= 0.6 is 0 Å². The van der Waals surface area contributed by atoms with Gasteiger partial charge in [0.2, 0.25) is 5.78 Å². The third kappa shape index (κ3) is 3.08. The van der Waals surface area contributed by atoms with E-state index in [1.807, 2.05) is 38.1 Å². The number of hydrogen-bond acceptors (Lipinski definition) is 3. The minimum Gasteiger partial charge on any atom is -0.485 e. The average Bonchev–Trinajstić information content (AvgIpc) is 2.95. The van der Waals surface area contributed by atoms with Crippen molar-refractivity contribution in [3.63, 3.8) is 0 Å². The molecule has 0 bridgehead atoms. The molecule has 0 fully saturated rings. The van der Waals surface area contributed by atoms with Gasteiger partial charge in [-0.25, -0.2) is 0 Å². The Hall–Kier alpha value is -2.88. The maximum absolute atomic E-state index is 12.5. The molecule has 24 heavy (non-hydrogen) atoms. The SMILES string of the molecule is CCC(=O)c1ccc(OCC(=O)c2c(C)[nH]c3ccccc23)cc1. The van der Waals surface area contributed by atoms with Gasteiger partial charge in [-0.2, -0.15) is 0 Å². The summed E-state index contributed by atoms with van der Waals surface area (Å²) in [6, 6.07) is 14.6. The maximum Gasteiger partial charge on any atom is 0.202 e. The predicted octanol–water partition coefficient (Wildman–Crippen LogP) is 4.33. The first kappa shape index (κ1) is 16.0. The number of para-hydroxylation sites is 1. The van der Waals surface area contributed by atoms with E-state index in [2.05, 4.69) is 4.98 Å². The molecule has 0 saturated heterocycles. The summed E-state index contributed by atoms with van der Waals surface area (Å²) in [5, 5.41) is 0.910. The quantitative estimate of drug-likeness (QED) is 0.687. The van der Waals surface area contributed by atoms with E-state index in [9.17, 15) is 9.59 Å². The van der Waals surface area contributed by atoms with Crippen LogP contribution in [0.3, 0.4) is 0 Å². The van der Waals surface area contributed by atoms with Crippen LogP contribution in [0.25, 0.3) is 10.9 Å². The lowest BCUT2D eigenvalue weighted by Gasteiger charge is -2.06. The molecule has 0 atom stereocenters. The van der Waals surface area contributed by atoms with Crippen molar-refractivity contribution in [2.75, 3.05) is 6.61 Å². The molecular weight excluding hydrogens is 302 g/mol. The Bertz CT molecular complexity index is 891. The molecule has 1 aromatic heterocycles. The van der Waals surface area contributed by atoms with Gasteiger partial charge in [0.15, 0.2) is 12.4 Å². The van der Waals surface area contributed by atoms with Crippen molar-refractivity contribution in [3.8, 4) is 5.75 Å². The maximum atomic E-state index is 12.5. The zero-order chi connectivity index (χ0) is 17.1. The molecule has 4 nitrogen and oxygen atoms in total. The monoisotopic (exact) mass is 321 g/mol. The van der Waals surface area contributed by atoms with E-state index in [4.69, 9.17) is 4.74 Å². The van der Waals surface area contributed by atoms with Crippen LogP contribution in [0.5, 0.6) is 5.75 Å². The predicted molar refractivity (Wildman–Crippen MR) is 93.9 cm³/mol.